The number of hydrogen-bond donors (Lipinski definition) is 0. The first kappa shape index (κ1) is 13.7. The molecule has 1 aliphatic carbocycles. The third kappa shape index (κ3) is 3.05. The number of hydrogen-bond acceptors (Lipinski definition) is 3. The first-order valence-electron chi connectivity index (χ1n) is 6.90. The summed E-state index contributed by atoms with van der Waals surface area (Å²) in [5.41, 5.74) is 1.14. The monoisotopic (exact) mass is 292 g/mol. The smallest absolute Gasteiger partial charge is 0.306 e. The standard InChI is InChI=1S/C16H17ClO3/c17-14-7-6-13(8-12-9-15(18)20-16(12)14)19-10-11-4-2-1-3-5-11/h1-7,12-14,16H,8-10H2/t12-,13+,14-,16+/m1/s1. The molecule has 1 aromatic carbocycles. The number of halogens is 1. The Morgan fingerprint density at radius 2 is 2.05 bits per heavy atom. The molecule has 2 aliphatic rings. The minimum absolute atomic E-state index is 0.0130. The molecular weight excluding hydrogens is 276 g/mol. The molecule has 106 valence electrons. The van der Waals surface area contributed by atoms with Crippen molar-refractivity contribution in [1.29, 1.82) is 0 Å². The van der Waals surface area contributed by atoms with Crippen LogP contribution < -0.4 is 0 Å². The van der Waals surface area contributed by atoms with Crippen LogP contribution in [0.5, 0.6) is 0 Å². The lowest BCUT2D eigenvalue weighted by Gasteiger charge is -2.19. The highest BCUT2D eigenvalue weighted by molar-refractivity contribution is 6.22. The molecule has 0 N–H and O–H groups in total. The molecule has 0 aromatic heterocycles. The van der Waals surface area contributed by atoms with Crippen LogP contribution in [0.25, 0.3) is 0 Å². The summed E-state index contributed by atoms with van der Waals surface area (Å²) >= 11 is 6.25. The van der Waals surface area contributed by atoms with Crippen molar-refractivity contribution in [2.24, 2.45) is 5.92 Å². The number of benzene rings is 1. The predicted octanol–water partition coefficient (Wildman–Crippen LogP) is 3.07. The number of carbonyl (C=O) groups excluding carboxylic acids is 1. The van der Waals surface area contributed by atoms with Crippen molar-refractivity contribution in [3.05, 3.63) is 48.0 Å². The van der Waals surface area contributed by atoms with Crippen LogP contribution in [-0.4, -0.2) is 23.6 Å². The zero-order valence-electron chi connectivity index (χ0n) is 11.1. The minimum atomic E-state index is -0.253. The van der Waals surface area contributed by atoms with E-state index < -0.39 is 0 Å². The average Bonchev–Trinajstić information content (AvgIpc) is 2.76. The van der Waals surface area contributed by atoms with Crippen LogP contribution >= 0.6 is 11.6 Å². The van der Waals surface area contributed by atoms with Gasteiger partial charge < -0.3 is 9.47 Å². The van der Waals surface area contributed by atoms with Gasteiger partial charge in [0.05, 0.1) is 24.5 Å². The van der Waals surface area contributed by atoms with Crippen LogP contribution in [0.4, 0.5) is 0 Å². The summed E-state index contributed by atoms with van der Waals surface area (Å²) in [6.07, 6.45) is 4.89. The fourth-order valence-electron chi connectivity index (χ4n) is 2.79. The van der Waals surface area contributed by atoms with E-state index in [2.05, 4.69) is 0 Å². The van der Waals surface area contributed by atoms with Gasteiger partial charge in [0.1, 0.15) is 6.10 Å². The maximum atomic E-state index is 11.4. The normalized spacial score (nSPS) is 32.5. The van der Waals surface area contributed by atoms with Crippen LogP contribution in [0.3, 0.4) is 0 Å². The topological polar surface area (TPSA) is 35.5 Å². The lowest BCUT2D eigenvalue weighted by Crippen LogP contribution is -2.26. The molecule has 4 atom stereocenters. The Labute approximate surface area is 123 Å². The highest BCUT2D eigenvalue weighted by Gasteiger charge is 2.41. The van der Waals surface area contributed by atoms with E-state index >= 15 is 0 Å². The van der Waals surface area contributed by atoms with Crippen molar-refractivity contribution in [3.8, 4) is 0 Å². The molecule has 3 rings (SSSR count). The van der Waals surface area contributed by atoms with E-state index in [1.54, 1.807) is 0 Å². The second-order valence-electron chi connectivity index (χ2n) is 5.32. The molecule has 0 unspecified atom stereocenters. The summed E-state index contributed by atoms with van der Waals surface area (Å²) in [6, 6.07) is 10.1. The highest BCUT2D eigenvalue weighted by Crippen LogP contribution is 2.34. The third-order valence-corrected chi connectivity index (χ3v) is 4.22. The first-order valence-corrected chi connectivity index (χ1v) is 7.33. The zero-order valence-corrected chi connectivity index (χ0v) is 11.8. The molecule has 1 aliphatic heterocycles. The van der Waals surface area contributed by atoms with Crippen molar-refractivity contribution in [2.75, 3.05) is 0 Å². The number of fused-ring (bicyclic) bond motifs is 1. The summed E-state index contributed by atoms with van der Waals surface area (Å²) in [4.78, 5) is 11.4. The molecule has 1 heterocycles. The Morgan fingerprint density at radius 3 is 2.85 bits per heavy atom. The Bertz CT molecular complexity index is 500. The molecule has 0 spiro atoms. The molecule has 4 heteroatoms. The summed E-state index contributed by atoms with van der Waals surface area (Å²) in [6.45, 7) is 0.564. The van der Waals surface area contributed by atoms with Gasteiger partial charge in [0.15, 0.2) is 0 Å². The van der Waals surface area contributed by atoms with Crippen molar-refractivity contribution >= 4 is 17.6 Å². The van der Waals surface area contributed by atoms with Gasteiger partial charge in [-0.1, -0.05) is 42.5 Å². The Morgan fingerprint density at radius 1 is 1.25 bits per heavy atom. The molecule has 0 radical (unpaired) electrons. The van der Waals surface area contributed by atoms with Crippen LogP contribution in [0.1, 0.15) is 18.4 Å². The average molecular weight is 293 g/mol. The second kappa shape index (κ2) is 5.98. The largest absolute Gasteiger partial charge is 0.460 e. The predicted molar refractivity (Wildman–Crippen MR) is 76.4 cm³/mol. The van der Waals surface area contributed by atoms with Gasteiger partial charge in [-0.3, -0.25) is 4.79 Å². The summed E-state index contributed by atoms with van der Waals surface area (Å²) < 4.78 is 11.2. The van der Waals surface area contributed by atoms with E-state index in [0.29, 0.717) is 13.0 Å². The number of rotatable bonds is 3. The maximum Gasteiger partial charge on any atom is 0.306 e. The molecule has 20 heavy (non-hydrogen) atoms. The van der Waals surface area contributed by atoms with Gasteiger partial charge in [0.25, 0.3) is 0 Å². The van der Waals surface area contributed by atoms with Crippen LogP contribution in [0, 0.1) is 5.92 Å². The van der Waals surface area contributed by atoms with Gasteiger partial charge in [-0.15, -0.1) is 11.6 Å². The zero-order chi connectivity index (χ0) is 13.9. The van der Waals surface area contributed by atoms with Gasteiger partial charge >= 0.3 is 5.97 Å². The number of ether oxygens (including phenoxy) is 2. The van der Waals surface area contributed by atoms with Crippen molar-refractivity contribution < 1.29 is 14.3 Å². The summed E-state index contributed by atoms with van der Waals surface area (Å²) in [7, 11) is 0. The fraction of sp³-hybridized carbons (Fsp3) is 0.438. The second-order valence-corrected chi connectivity index (χ2v) is 5.82. The van der Waals surface area contributed by atoms with E-state index in [-0.39, 0.29) is 29.5 Å². The Balaban J connectivity index is 1.63. The quantitative estimate of drug-likeness (QED) is 0.488. The van der Waals surface area contributed by atoms with E-state index in [4.69, 9.17) is 21.1 Å². The minimum Gasteiger partial charge on any atom is -0.460 e. The van der Waals surface area contributed by atoms with Crippen LogP contribution in [0.2, 0.25) is 0 Å². The van der Waals surface area contributed by atoms with Gasteiger partial charge in [0.2, 0.25) is 0 Å². The summed E-state index contributed by atoms with van der Waals surface area (Å²) in [5, 5.41) is -0.253. The molecule has 1 fully saturated rings. The molecule has 0 amide bonds. The van der Waals surface area contributed by atoms with E-state index in [0.717, 1.165) is 12.0 Å². The van der Waals surface area contributed by atoms with Gasteiger partial charge in [-0.05, 0) is 12.0 Å². The van der Waals surface area contributed by atoms with Gasteiger partial charge in [-0.2, -0.15) is 0 Å². The third-order valence-electron chi connectivity index (χ3n) is 3.83. The van der Waals surface area contributed by atoms with Crippen molar-refractivity contribution in [1.82, 2.24) is 0 Å². The highest BCUT2D eigenvalue weighted by atomic mass is 35.5. The van der Waals surface area contributed by atoms with E-state index in [1.807, 2.05) is 42.5 Å². The van der Waals surface area contributed by atoms with E-state index in [9.17, 15) is 4.79 Å². The molecular formula is C16H17ClO3. The number of carbonyl (C=O) groups is 1. The van der Waals surface area contributed by atoms with Gasteiger partial charge in [0, 0.05) is 5.92 Å². The van der Waals surface area contributed by atoms with Crippen LogP contribution in [-0.2, 0) is 20.9 Å². The number of alkyl halides is 1. The Kier molecular flexibility index (Phi) is 4.08. The van der Waals surface area contributed by atoms with Crippen molar-refractivity contribution in [2.45, 2.75) is 37.0 Å². The van der Waals surface area contributed by atoms with Crippen molar-refractivity contribution in [3.63, 3.8) is 0 Å². The molecule has 1 saturated heterocycles. The summed E-state index contributed by atoms with van der Waals surface area (Å²) in [5.74, 6) is 0.00327. The molecule has 1 aromatic rings. The first-order chi connectivity index (χ1) is 9.72. The van der Waals surface area contributed by atoms with Gasteiger partial charge in [-0.25, -0.2) is 0 Å². The lowest BCUT2D eigenvalue weighted by molar-refractivity contribution is -0.141. The molecule has 0 saturated carbocycles. The number of esters is 1. The maximum absolute atomic E-state index is 11.4. The fourth-order valence-corrected chi connectivity index (χ4v) is 3.13. The lowest BCUT2D eigenvalue weighted by atomic mass is 9.95. The Hall–Kier alpha value is -1.32. The molecule has 3 nitrogen and oxygen atoms in total. The molecule has 0 bridgehead atoms. The SMILES string of the molecule is O=C1C[C@H]2C[C@@H](OCc3ccccc3)C=C[C@@H](Cl)[C@H]2O1. The van der Waals surface area contributed by atoms with Crippen LogP contribution in [0.15, 0.2) is 42.5 Å². The van der Waals surface area contributed by atoms with E-state index in [1.165, 1.54) is 0 Å².